The molecule has 0 aliphatic heterocycles. The highest BCUT2D eigenvalue weighted by Crippen LogP contribution is 2.07. The van der Waals surface area contributed by atoms with Crippen LogP contribution in [0, 0.1) is 0 Å². The number of carbonyl (C=O) groups is 1. The molecule has 3 N–H and O–H groups in total. The average molecular weight is 221 g/mol. The Kier molecular flexibility index (Phi) is 6.18. The van der Waals surface area contributed by atoms with Crippen LogP contribution in [0.5, 0.6) is 0 Å². The molecule has 0 aliphatic rings. The lowest BCUT2D eigenvalue weighted by Crippen LogP contribution is -2.11. The van der Waals surface area contributed by atoms with Gasteiger partial charge in [-0.2, -0.15) is 0 Å². The zero-order chi connectivity index (χ0) is 11.6. The summed E-state index contributed by atoms with van der Waals surface area (Å²) in [5.41, 5.74) is 6.19. The highest BCUT2D eigenvalue weighted by molar-refractivity contribution is 5.90. The number of amides is 1. The van der Waals surface area contributed by atoms with Crippen LogP contribution in [0.25, 0.3) is 0 Å². The number of anilines is 1. The summed E-state index contributed by atoms with van der Waals surface area (Å²) >= 11 is 0. The smallest absolute Gasteiger partial charge is 0.224 e. The largest absolute Gasteiger partial charge is 0.330 e. The van der Waals surface area contributed by atoms with Crippen molar-refractivity contribution in [3.05, 3.63) is 24.5 Å². The Morgan fingerprint density at radius 2 is 1.88 bits per heavy atom. The minimum atomic E-state index is 0.0685. The number of pyridine rings is 1. The quantitative estimate of drug-likeness (QED) is 0.691. The maximum absolute atomic E-state index is 11.5. The Labute approximate surface area is 96.3 Å². The van der Waals surface area contributed by atoms with Gasteiger partial charge >= 0.3 is 0 Å². The second-order valence-electron chi connectivity index (χ2n) is 3.74. The summed E-state index contributed by atoms with van der Waals surface area (Å²) in [4.78, 5) is 15.4. The SMILES string of the molecule is NCCCCCCC(=O)Nc1ccncc1. The van der Waals surface area contributed by atoms with Crippen molar-refractivity contribution >= 4 is 11.6 Å². The molecule has 0 saturated heterocycles. The van der Waals surface area contributed by atoms with Gasteiger partial charge in [0.25, 0.3) is 0 Å². The van der Waals surface area contributed by atoms with Crippen molar-refractivity contribution in [2.75, 3.05) is 11.9 Å². The Bertz CT molecular complexity index is 300. The monoisotopic (exact) mass is 221 g/mol. The van der Waals surface area contributed by atoms with Gasteiger partial charge in [0, 0.05) is 24.5 Å². The molecule has 1 heterocycles. The summed E-state index contributed by atoms with van der Waals surface area (Å²) in [5, 5.41) is 2.83. The third kappa shape index (κ3) is 5.46. The summed E-state index contributed by atoms with van der Waals surface area (Å²) in [5.74, 6) is 0.0685. The van der Waals surface area contributed by atoms with Gasteiger partial charge < -0.3 is 11.1 Å². The van der Waals surface area contributed by atoms with E-state index in [2.05, 4.69) is 10.3 Å². The fraction of sp³-hybridized carbons (Fsp3) is 0.500. The standard InChI is InChI=1S/C12H19N3O/c13-8-4-2-1-3-5-12(16)15-11-6-9-14-10-7-11/h6-7,9-10H,1-5,8,13H2,(H,14,15,16). The second-order valence-corrected chi connectivity index (χ2v) is 3.74. The minimum Gasteiger partial charge on any atom is -0.330 e. The van der Waals surface area contributed by atoms with Crippen molar-refractivity contribution in [3.8, 4) is 0 Å². The van der Waals surface area contributed by atoms with E-state index >= 15 is 0 Å². The molecule has 1 amide bonds. The number of nitrogens with zero attached hydrogens (tertiary/aromatic N) is 1. The Morgan fingerprint density at radius 3 is 2.56 bits per heavy atom. The van der Waals surface area contributed by atoms with E-state index in [1.54, 1.807) is 24.5 Å². The molecule has 0 aliphatic carbocycles. The molecular formula is C12H19N3O. The molecule has 1 aromatic rings. The minimum absolute atomic E-state index is 0.0685. The molecule has 88 valence electrons. The molecule has 4 nitrogen and oxygen atoms in total. The van der Waals surface area contributed by atoms with Crippen LogP contribution in [-0.2, 0) is 4.79 Å². The summed E-state index contributed by atoms with van der Waals surface area (Å²) in [6.07, 6.45) is 8.06. The van der Waals surface area contributed by atoms with Gasteiger partial charge in [-0.05, 0) is 31.5 Å². The molecule has 4 heteroatoms. The molecule has 1 aromatic heterocycles. The maximum Gasteiger partial charge on any atom is 0.224 e. The number of hydrogen-bond donors (Lipinski definition) is 2. The van der Waals surface area contributed by atoms with E-state index in [-0.39, 0.29) is 5.91 Å². The third-order valence-electron chi connectivity index (χ3n) is 2.32. The van der Waals surface area contributed by atoms with Crippen LogP contribution in [0.1, 0.15) is 32.1 Å². The van der Waals surface area contributed by atoms with Crippen LogP contribution in [0.2, 0.25) is 0 Å². The molecule has 0 radical (unpaired) electrons. The second kappa shape index (κ2) is 7.82. The predicted octanol–water partition coefficient (Wildman–Crippen LogP) is 1.93. The first-order valence-electron chi connectivity index (χ1n) is 5.73. The van der Waals surface area contributed by atoms with Crippen molar-refractivity contribution in [3.63, 3.8) is 0 Å². The maximum atomic E-state index is 11.5. The molecule has 0 fully saturated rings. The van der Waals surface area contributed by atoms with Gasteiger partial charge in [-0.15, -0.1) is 0 Å². The highest BCUT2D eigenvalue weighted by atomic mass is 16.1. The normalized spacial score (nSPS) is 10.1. The van der Waals surface area contributed by atoms with Gasteiger partial charge in [0.15, 0.2) is 0 Å². The first-order valence-corrected chi connectivity index (χ1v) is 5.73. The van der Waals surface area contributed by atoms with Crippen LogP contribution in [-0.4, -0.2) is 17.4 Å². The Hall–Kier alpha value is -1.42. The van der Waals surface area contributed by atoms with E-state index in [1.165, 1.54) is 0 Å². The number of unbranched alkanes of at least 4 members (excludes halogenated alkanes) is 3. The average Bonchev–Trinajstić information content (AvgIpc) is 2.30. The van der Waals surface area contributed by atoms with Gasteiger partial charge in [0.05, 0.1) is 0 Å². The van der Waals surface area contributed by atoms with Gasteiger partial charge in [-0.25, -0.2) is 0 Å². The van der Waals surface area contributed by atoms with Crippen molar-refractivity contribution in [1.29, 1.82) is 0 Å². The molecule has 0 spiro atoms. The van der Waals surface area contributed by atoms with Crippen molar-refractivity contribution in [2.24, 2.45) is 5.73 Å². The number of nitrogens with one attached hydrogen (secondary N) is 1. The third-order valence-corrected chi connectivity index (χ3v) is 2.32. The lowest BCUT2D eigenvalue weighted by atomic mass is 10.1. The molecule has 0 aromatic carbocycles. The molecule has 0 bridgehead atoms. The Balaban J connectivity index is 2.12. The number of nitrogens with two attached hydrogens (primary N) is 1. The fourth-order valence-electron chi connectivity index (χ4n) is 1.44. The molecule has 16 heavy (non-hydrogen) atoms. The molecular weight excluding hydrogens is 202 g/mol. The van der Waals surface area contributed by atoms with Gasteiger partial charge in [0.2, 0.25) is 5.91 Å². The Morgan fingerprint density at radius 1 is 1.19 bits per heavy atom. The molecule has 0 unspecified atom stereocenters. The first-order chi connectivity index (χ1) is 7.83. The summed E-state index contributed by atoms with van der Waals surface area (Å²) in [7, 11) is 0. The zero-order valence-corrected chi connectivity index (χ0v) is 9.48. The fourth-order valence-corrected chi connectivity index (χ4v) is 1.44. The molecule has 0 saturated carbocycles. The van der Waals surface area contributed by atoms with Gasteiger partial charge in [-0.3, -0.25) is 9.78 Å². The predicted molar refractivity (Wildman–Crippen MR) is 65.0 cm³/mol. The van der Waals surface area contributed by atoms with Crippen LogP contribution < -0.4 is 11.1 Å². The summed E-state index contributed by atoms with van der Waals surface area (Å²) in [6, 6.07) is 3.57. The number of aromatic nitrogens is 1. The van der Waals surface area contributed by atoms with E-state index < -0.39 is 0 Å². The first kappa shape index (κ1) is 12.6. The highest BCUT2D eigenvalue weighted by Gasteiger charge is 2.01. The van der Waals surface area contributed by atoms with E-state index in [4.69, 9.17) is 5.73 Å². The van der Waals surface area contributed by atoms with E-state index in [9.17, 15) is 4.79 Å². The lowest BCUT2D eigenvalue weighted by Gasteiger charge is -2.04. The summed E-state index contributed by atoms with van der Waals surface area (Å²) in [6.45, 7) is 0.739. The van der Waals surface area contributed by atoms with Crippen molar-refractivity contribution in [2.45, 2.75) is 32.1 Å². The van der Waals surface area contributed by atoms with Crippen LogP contribution in [0.15, 0.2) is 24.5 Å². The lowest BCUT2D eigenvalue weighted by molar-refractivity contribution is -0.116. The van der Waals surface area contributed by atoms with Gasteiger partial charge in [-0.1, -0.05) is 12.8 Å². The van der Waals surface area contributed by atoms with Crippen LogP contribution >= 0.6 is 0 Å². The molecule has 1 rings (SSSR count). The van der Waals surface area contributed by atoms with Crippen molar-refractivity contribution < 1.29 is 4.79 Å². The van der Waals surface area contributed by atoms with Gasteiger partial charge in [0.1, 0.15) is 0 Å². The summed E-state index contributed by atoms with van der Waals surface area (Å²) < 4.78 is 0. The van der Waals surface area contributed by atoms with Crippen LogP contribution in [0.3, 0.4) is 0 Å². The van der Waals surface area contributed by atoms with Crippen LogP contribution in [0.4, 0.5) is 5.69 Å². The van der Waals surface area contributed by atoms with E-state index in [1.807, 2.05) is 0 Å². The number of carbonyl (C=O) groups excluding carboxylic acids is 1. The zero-order valence-electron chi connectivity index (χ0n) is 9.48. The molecule has 0 atom stereocenters. The number of hydrogen-bond acceptors (Lipinski definition) is 3. The van der Waals surface area contributed by atoms with E-state index in [0.717, 1.165) is 37.9 Å². The number of rotatable bonds is 7. The van der Waals surface area contributed by atoms with Crippen molar-refractivity contribution in [1.82, 2.24) is 4.98 Å². The van der Waals surface area contributed by atoms with E-state index in [0.29, 0.717) is 6.42 Å². The topological polar surface area (TPSA) is 68.0 Å².